The van der Waals surface area contributed by atoms with Gasteiger partial charge in [-0.1, -0.05) is 0 Å². The first-order valence-corrected chi connectivity index (χ1v) is 7.28. The number of anilines is 1. The molecule has 2 atom stereocenters. The van der Waals surface area contributed by atoms with Crippen molar-refractivity contribution in [1.29, 1.82) is 0 Å². The van der Waals surface area contributed by atoms with Gasteiger partial charge in [0.2, 0.25) is 12.4 Å². The molecule has 5 N–H and O–H groups in total. The van der Waals surface area contributed by atoms with Gasteiger partial charge in [0.25, 0.3) is 0 Å². The number of halogens is 2. The third-order valence-corrected chi connectivity index (χ3v) is 3.18. The molecular formula is C9H10F2N3O8P. The van der Waals surface area contributed by atoms with E-state index in [9.17, 15) is 23.2 Å². The van der Waals surface area contributed by atoms with E-state index in [2.05, 4.69) is 9.51 Å². The van der Waals surface area contributed by atoms with Crippen LogP contribution in [0, 0.1) is 5.82 Å². The lowest BCUT2D eigenvalue weighted by Crippen LogP contribution is -2.32. The highest BCUT2D eigenvalue weighted by Crippen LogP contribution is 2.39. The Balaban J connectivity index is 2.26. The molecule has 0 aliphatic carbocycles. The zero-order chi connectivity index (χ0) is 17.4. The molecule has 0 saturated carbocycles. The third-order valence-electron chi connectivity index (χ3n) is 2.71. The number of phosphoric ester groups is 1. The summed E-state index contributed by atoms with van der Waals surface area (Å²) < 4.78 is 47.3. The predicted octanol–water partition coefficient (Wildman–Crippen LogP) is -0.0707. The second-order valence-corrected chi connectivity index (χ2v) is 5.46. The number of nitrogens with one attached hydrogen (secondary N) is 1. The van der Waals surface area contributed by atoms with Gasteiger partial charge in [0.15, 0.2) is 23.2 Å². The molecule has 2 rings (SSSR count). The van der Waals surface area contributed by atoms with Gasteiger partial charge in [-0.15, -0.1) is 0 Å². The first-order chi connectivity index (χ1) is 10.6. The lowest BCUT2D eigenvalue weighted by molar-refractivity contribution is 0.0158. The highest BCUT2D eigenvalue weighted by atomic mass is 31.2. The average Bonchev–Trinajstić information content (AvgIpc) is 2.74. The van der Waals surface area contributed by atoms with Gasteiger partial charge in [0.1, 0.15) is 6.61 Å². The number of alkyl halides is 1. The maximum Gasteiger partial charge on any atom is 0.470 e. The summed E-state index contributed by atoms with van der Waals surface area (Å²) in [4.78, 5) is 31.8. The summed E-state index contributed by atoms with van der Waals surface area (Å²) in [7, 11) is -4.91. The first-order valence-electron chi connectivity index (χ1n) is 5.75. The van der Waals surface area contributed by atoms with Gasteiger partial charge in [-0.3, -0.25) is 14.3 Å². The molecule has 2 heterocycles. The van der Waals surface area contributed by atoms with Crippen molar-refractivity contribution in [3.63, 3.8) is 0 Å². The van der Waals surface area contributed by atoms with Crippen LogP contribution in [-0.4, -0.2) is 42.4 Å². The number of aromatic nitrogens is 2. The summed E-state index contributed by atoms with van der Waals surface area (Å²) in [5.41, 5.74) is 0.0974. The molecule has 23 heavy (non-hydrogen) atoms. The number of hydrogen-bond acceptors (Lipinski definition) is 8. The molecule has 0 saturated heterocycles. The van der Waals surface area contributed by atoms with Crippen LogP contribution in [0.4, 0.5) is 14.6 Å². The number of ether oxygens (including phenoxy) is 1. The summed E-state index contributed by atoms with van der Waals surface area (Å²) >= 11 is 0. The van der Waals surface area contributed by atoms with Crippen molar-refractivity contribution in [3.8, 4) is 0 Å². The molecule has 11 nitrogen and oxygen atoms in total. The van der Waals surface area contributed by atoms with Crippen LogP contribution in [0.1, 0.15) is 6.23 Å². The van der Waals surface area contributed by atoms with E-state index in [0.717, 1.165) is 0 Å². The molecular weight excluding hydrogens is 347 g/mol. The van der Waals surface area contributed by atoms with Crippen LogP contribution >= 0.6 is 7.82 Å². The number of phosphoric acid groups is 1. The lowest BCUT2D eigenvalue weighted by Gasteiger charge is -2.17. The summed E-state index contributed by atoms with van der Waals surface area (Å²) in [5.74, 6) is -3.77. The van der Waals surface area contributed by atoms with Gasteiger partial charge >= 0.3 is 13.5 Å². The van der Waals surface area contributed by atoms with Gasteiger partial charge in [-0.05, 0) is 0 Å². The van der Waals surface area contributed by atoms with Gasteiger partial charge in [-0.25, -0.2) is 23.6 Å². The van der Waals surface area contributed by atoms with Crippen LogP contribution in [0.25, 0.3) is 0 Å². The SMILES string of the molecule is O=c1nc(NO)c(F)cn1[C@H]1OC(COP(=O)(O)O)=C(O)C1F. The summed E-state index contributed by atoms with van der Waals surface area (Å²) in [6, 6.07) is 0. The molecule has 0 fully saturated rings. The zero-order valence-corrected chi connectivity index (χ0v) is 11.9. The molecule has 128 valence electrons. The maximum atomic E-state index is 14.0. The zero-order valence-electron chi connectivity index (χ0n) is 11.0. The number of nitrogens with zero attached hydrogens (tertiary/aromatic N) is 2. The van der Waals surface area contributed by atoms with Gasteiger partial charge in [0.05, 0.1) is 6.20 Å². The highest BCUT2D eigenvalue weighted by Gasteiger charge is 2.40. The molecule has 1 aromatic rings. The Morgan fingerprint density at radius 2 is 2.17 bits per heavy atom. The van der Waals surface area contributed by atoms with E-state index in [-0.39, 0.29) is 0 Å². The minimum absolute atomic E-state index is 0.349. The van der Waals surface area contributed by atoms with E-state index >= 15 is 0 Å². The predicted molar refractivity (Wildman–Crippen MR) is 66.5 cm³/mol. The Kier molecular flexibility index (Phi) is 4.68. The van der Waals surface area contributed by atoms with E-state index in [4.69, 9.17) is 19.7 Å². The second-order valence-electron chi connectivity index (χ2n) is 4.22. The summed E-state index contributed by atoms with van der Waals surface area (Å²) in [6.45, 7) is -0.978. The van der Waals surface area contributed by atoms with E-state index in [0.29, 0.717) is 10.8 Å². The Morgan fingerprint density at radius 1 is 1.52 bits per heavy atom. The smallest absolute Gasteiger partial charge is 0.470 e. The third kappa shape index (κ3) is 3.65. The molecule has 0 spiro atoms. The Bertz CT molecular complexity index is 747. The Morgan fingerprint density at radius 3 is 2.74 bits per heavy atom. The monoisotopic (exact) mass is 357 g/mol. The molecule has 14 heteroatoms. The van der Waals surface area contributed by atoms with Crippen molar-refractivity contribution >= 4 is 13.6 Å². The average molecular weight is 357 g/mol. The van der Waals surface area contributed by atoms with Crippen molar-refractivity contribution < 1.29 is 42.7 Å². The van der Waals surface area contributed by atoms with E-state index < -0.39 is 55.7 Å². The van der Waals surface area contributed by atoms with Crippen molar-refractivity contribution in [2.45, 2.75) is 12.4 Å². The largest absolute Gasteiger partial charge is 0.506 e. The number of rotatable bonds is 5. The molecule has 0 aromatic carbocycles. The van der Waals surface area contributed by atoms with Crippen LogP contribution in [0.3, 0.4) is 0 Å². The fourth-order valence-corrected chi connectivity index (χ4v) is 1.99. The highest BCUT2D eigenvalue weighted by molar-refractivity contribution is 7.46. The molecule has 1 aliphatic heterocycles. The summed E-state index contributed by atoms with van der Waals surface area (Å²) in [5, 5.41) is 18.0. The van der Waals surface area contributed by atoms with Crippen LogP contribution in [0.5, 0.6) is 0 Å². The van der Waals surface area contributed by atoms with Gasteiger partial charge < -0.3 is 19.6 Å². The second kappa shape index (κ2) is 6.22. The minimum atomic E-state index is -4.91. The van der Waals surface area contributed by atoms with Crippen molar-refractivity contribution in [3.05, 3.63) is 34.0 Å². The van der Waals surface area contributed by atoms with Crippen LogP contribution in [-0.2, 0) is 13.8 Å². The van der Waals surface area contributed by atoms with Gasteiger partial charge in [-0.2, -0.15) is 4.98 Å². The molecule has 1 unspecified atom stereocenters. The normalized spacial score (nSPS) is 21.4. The topological polar surface area (TPSA) is 163 Å². The molecule has 1 aromatic heterocycles. The maximum absolute atomic E-state index is 14.0. The van der Waals surface area contributed by atoms with E-state index in [1.54, 1.807) is 0 Å². The standard InChI is InChI=1S/C9H10F2N3O8P/c10-3-1-14(9(16)12-7(3)13-17)8-5(11)6(15)4(22-8)2-21-23(18,19)20/h1,5,8,15,17H,2H2,(H,12,13,16)(H2,18,19,20)/t5?,8-/m0/s1. The Hall–Kier alpha value is -2.05. The molecule has 0 radical (unpaired) electrons. The quantitative estimate of drug-likeness (QED) is 0.356. The van der Waals surface area contributed by atoms with E-state index in [1.807, 2.05) is 0 Å². The molecule has 0 bridgehead atoms. The number of hydrogen-bond donors (Lipinski definition) is 5. The van der Waals surface area contributed by atoms with Crippen LogP contribution in [0.2, 0.25) is 0 Å². The van der Waals surface area contributed by atoms with Crippen molar-refractivity contribution in [2.75, 3.05) is 12.1 Å². The minimum Gasteiger partial charge on any atom is -0.506 e. The first kappa shape index (κ1) is 17.3. The van der Waals surface area contributed by atoms with Crippen LogP contribution < -0.4 is 11.2 Å². The lowest BCUT2D eigenvalue weighted by atomic mass is 10.3. The van der Waals surface area contributed by atoms with Gasteiger partial charge in [0, 0.05) is 0 Å². The Labute approximate surface area is 125 Å². The van der Waals surface area contributed by atoms with E-state index in [1.165, 1.54) is 5.48 Å². The molecule has 1 aliphatic rings. The molecule has 0 amide bonds. The number of aliphatic hydroxyl groups excluding tert-OH is 1. The fourth-order valence-electron chi connectivity index (χ4n) is 1.71. The number of aliphatic hydroxyl groups is 1. The van der Waals surface area contributed by atoms with Crippen molar-refractivity contribution in [1.82, 2.24) is 9.55 Å². The summed E-state index contributed by atoms with van der Waals surface area (Å²) in [6.07, 6.45) is -3.74. The van der Waals surface area contributed by atoms with Crippen molar-refractivity contribution in [2.24, 2.45) is 0 Å². The fraction of sp³-hybridized carbons (Fsp3) is 0.333. The van der Waals surface area contributed by atoms with Crippen LogP contribution in [0.15, 0.2) is 22.5 Å².